The highest BCUT2D eigenvalue weighted by molar-refractivity contribution is 7.16. The van der Waals surface area contributed by atoms with E-state index in [9.17, 15) is 5.11 Å². The summed E-state index contributed by atoms with van der Waals surface area (Å²) in [5.41, 5.74) is 1.78. The van der Waals surface area contributed by atoms with Crippen LogP contribution in [0.1, 0.15) is 10.6 Å². The van der Waals surface area contributed by atoms with Crippen LogP contribution in [0.4, 0.5) is 5.82 Å². The number of nitrogens with one attached hydrogen (secondary N) is 1. The molecule has 3 aromatic rings. The summed E-state index contributed by atoms with van der Waals surface area (Å²) in [6.45, 7) is 3.04. The molecule has 2 N–H and O–H groups in total. The SMILES string of the molecule is Cc1occc1-c1cc(NCc2ccc(Cl)s2)n(CCO)n1. The Balaban J connectivity index is 1.82. The third-order valence-electron chi connectivity index (χ3n) is 3.30. The number of hydrogen-bond donors (Lipinski definition) is 2. The van der Waals surface area contributed by atoms with E-state index in [1.807, 2.05) is 31.2 Å². The summed E-state index contributed by atoms with van der Waals surface area (Å²) >= 11 is 7.48. The first-order valence-corrected chi connectivity index (χ1v) is 8.08. The highest BCUT2D eigenvalue weighted by Crippen LogP contribution is 2.27. The number of aliphatic hydroxyl groups excluding tert-OH is 1. The molecule has 0 saturated carbocycles. The Bertz CT molecular complexity index is 763. The summed E-state index contributed by atoms with van der Waals surface area (Å²) < 4.78 is 7.86. The zero-order valence-electron chi connectivity index (χ0n) is 12.0. The van der Waals surface area contributed by atoms with Crippen molar-refractivity contribution in [3.63, 3.8) is 0 Å². The van der Waals surface area contributed by atoms with E-state index >= 15 is 0 Å². The molecule has 3 aromatic heterocycles. The van der Waals surface area contributed by atoms with Crippen molar-refractivity contribution in [2.75, 3.05) is 11.9 Å². The fourth-order valence-electron chi connectivity index (χ4n) is 2.23. The highest BCUT2D eigenvalue weighted by Gasteiger charge is 2.13. The summed E-state index contributed by atoms with van der Waals surface area (Å²) in [7, 11) is 0. The lowest BCUT2D eigenvalue weighted by atomic mass is 10.2. The maximum Gasteiger partial charge on any atom is 0.125 e. The van der Waals surface area contributed by atoms with E-state index in [2.05, 4.69) is 10.4 Å². The number of thiophene rings is 1. The van der Waals surface area contributed by atoms with Crippen molar-refractivity contribution in [2.24, 2.45) is 0 Å². The van der Waals surface area contributed by atoms with Gasteiger partial charge in [0.2, 0.25) is 0 Å². The van der Waals surface area contributed by atoms with Gasteiger partial charge in [-0.1, -0.05) is 11.6 Å². The molecule has 0 unspecified atom stereocenters. The maximum absolute atomic E-state index is 9.20. The summed E-state index contributed by atoms with van der Waals surface area (Å²) in [6, 6.07) is 7.73. The summed E-state index contributed by atoms with van der Waals surface area (Å²) in [6.07, 6.45) is 1.65. The van der Waals surface area contributed by atoms with Gasteiger partial charge in [0.05, 0.1) is 36.0 Å². The molecule has 0 bridgehead atoms. The molecular weight excluding hydrogens is 322 g/mol. The molecular formula is C15H16ClN3O2S. The predicted octanol–water partition coefficient (Wildman–Crippen LogP) is 3.77. The van der Waals surface area contributed by atoms with Crippen LogP contribution in [0.15, 0.2) is 34.9 Å². The standard InChI is InChI=1S/C15H16ClN3O2S/c1-10-12(4-7-21-10)13-8-15(19(18-13)5-6-20)17-9-11-2-3-14(16)22-11/h2-4,7-8,17,20H,5-6,9H2,1H3. The van der Waals surface area contributed by atoms with Gasteiger partial charge in [0.25, 0.3) is 0 Å². The van der Waals surface area contributed by atoms with Crippen LogP contribution < -0.4 is 5.32 Å². The van der Waals surface area contributed by atoms with Gasteiger partial charge in [-0.2, -0.15) is 5.10 Å². The smallest absolute Gasteiger partial charge is 0.125 e. The van der Waals surface area contributed by atoms with Gasteiger partial charge in [0.1, 0.15) is 11.6 Å². The summed E-state index contributed by atoms with van der Waals surface area (Å²) in [4.78, 5) is 1.14. The van der Waals surface area contributed by atoms with E-state index in [1.165, 1.54) is 0 Å². The van der Waals surface area contributed by atoms with Crippen molar-refractivity contribution in [2.45, 2.75) is 20.0 Å². The zero-order valence-corrected chi connectivity index (χ0v) is 13.6. The van der Waals surface area contributed by atoms with E-state index in [-0.39, 0.29) is 6.61 Å². The van der Waals surface area contributed by atoms with Gasteiger partial charge in [-0.05, 0) is 25.1 Å². The second-order valence-electron chi connectivity index (χ2n) is 4.81. The number of aromatic nitrogens is 2. The predicted molar refractivity (Wildman–Crippen MR) is 88.4 cm³/mol. The highest BCUT2D eigenvalue weighted by atomic mass is 35.5. The molecule has 5 nitrogen and oxygen atoms in total. The molecule has 0 aliphatic heterocycles. The van der Waals surface area contributed by atoms with Crippen LogP contribution in [-0.4, -0.2) is 21.5 Å². The van der Waals surface area contributed by atoms with Crippen LogP contribution in [0, 0.1) is 6.92 Å². The van der Waals surface area contributed by atoms with Crippen LogP contribution in [-0.2, 0) is 13.1 Å². The Hall–Kier alpha value is -1.76. The van der Waals surface area contributed by atoms with Crippen LogP contribution in [0.2, 0.25) is 4.34 Å². The van der Waals surface area contributed by atoms with E-state index < -0.39 is 0 Å². The lowest BCUT2D eigenvalue weighted by Gasteiger charge is -2.07. The number of aryl methyl sites for hydroxylation is 1. The largest absolute Gasteiger partial charge is 0.469 e. The van der Waals surface area contributed by atoms with Gasteiger partial charge < -0.3 is 14.8 Å². The molecule has 0 aliphatic carbocycles. The number of nitrogens with zero attached hydrogens (tertiary/aromatic N) is 2. The molecule has 0 atom stereocenters. The number of furan rings is 1. The second-order valence-corrected chi connectivity index (χ2v) is 6.61. The molecule has 0 fully saturated rings. The quantitative estimate of drug-likeness (QED) is 0.718. The van der Waals surface area contributed by atoms with Gasteiger partial charge in [-0.15, -0.1) is 11.3 Å². The number of halogens is 1. The third kappa shape index (κ3) is 3.19. The second kappa shape index (κ2) is 6.56. The van der Waals surface area contributed by atoms with Crippen molar-refractivity contribution in [3.8, 4) is 11.3 Å². The monoisotopic (exact) mass is 337 g/mol. The van der Waals surface area contributed by atoms with Crippen molar-refractivity contribution >= 4 is 28.8 Å². The van der Waals surface area contributed by atoms with Crippen LogP contribution >= 0.6 is 22.9 Å². The normalized spacial score (nSPS) is 11.0. The minimum absolute atomic E-state index is 0.0327. The van der Waals surface area contributed by atoms with Gasteiger partial charge in [0.15, 0.2) is 0 Å². The summed E-state index contributed by atoms with van der Waals surface area (Å²) in [5.74, 6) is 1.68. The minimum atomic E-state index is 0.0327. The third-order valence-corrected chi connectivity index (χ3v) is 4.53. The lowest BCUT2D eigenvalue weighted by molar-refractivity contribution is 0.270. The van der Waals surface area contributed by atoms with Crippen molar-refractivity contribution in [1.82, 2.24) is 9.78 Å². The molecule has 22 heavy (non-hydrogen) atoms. The van der Waals surface area contributed by atoms with Gasteiger partial charge in [-0.3, -0.25) is 0 Å². The molecule has 0 saturated heterocycles. The average Bonchev–Trinajstić information content (AvgIpc) is 3.18. The maximum atomic E-state index is 9.20. The molecule has 3 heterocycles. The van der Waals surface area contributed by atoms with E-state index in [0.717, 1.165) is 32.0 Å². The Labute approximate surface area is 137 Å². The molecule has 0 aromatic carbocycles. The molecule has 0 amide bonds. The Kier molecular flexibility index (Phi) is 4.52. The molecule has 0 spiro atoms. The topological polar surface area (TPSA) is 63.2 Å². The van der Waals surface area contributed by atoms with E-state index in [4.69, 9.17) is 16.0 Å². The van der Waals surface area contributed by atoms with E-state index in [1.54, 1.807) is 22.3 Å². The molecule has 7 heteroatoms. The Morgan fingerprint density at radius 3 is 2.91 bits per heavy atom. The molecule has 116 valence electrons. The first kappa shape index (κ1) is 15.1. The molecule has 0 radical (unpaired) electrons. The summed E-state index contributed by atoms with van der Waals surface area (Å²) in [5, 5.41) is 17.1. The number of anilines is 1. The number of hydrogen-bond acceptors (Lipinski definition) is 5. The Morgan fingerprint density at radius 2 is 2.27 bits per heavy atom. The first-order valence-electron chi connectivity index (χ1n) is 6.88. The van der Waals surface area contributed by atoms with Gasteiger partial charge in [-0.25, -0.2) is 4.68 Å². The van der Waals surface area contributed by atoms with Crippen LogP contribution in [0.5, 0.6) is 0 Å². The van der Waals surface area contributed by atoms with Crippen molar-refractivity contribution < 1.29 is 9.52 Å². The fourth-order valence-corrected chi connectivity index (χ4v) is 3.26. The lowest BCUT2D eigenvalue weighted by Crippen LogP contribution is -2.09. The van der Waals surface area contributed by atoms with Gasteiger partial charge >= 0.3 is 0 Å². The first-order chi connectivity index (χ1) is 10.7. The zero-order chi connectivity index (χ0) is 15.5. The number of aliphatic hydroxyl groups is 1. The average molecular weight is 338 g/mol. The van der Waals surface area contributed by atoms with Gasteiger partial charge in [0, 0.05) is 16.5 Å². The Morgan fingerprint density at radius 1 is 1.41 bits per heavy atom. The van der Waals surface area contributed by atoms with Crippen LogP contribution in [0.3, 0.4) is 0 Å². The molecule has 0 aliphatic rings. The van der Waals surface area contributed by atoms with Crippen LogP contribution in [0.25, 0.3) is 11.3 Å². The van der Waals surface area contributed by atoms with E-state index in [0.29, 0.717) is 13.1 Å². The van der Waals surface area contributed by atoms with Crippen molar-refractivity contribution in [3.05, 3.63) is 45.5 Å². The molecule has 3 rings (SSSR count). The van der Waals surface area contributed by atoms with Crippen molar-refractivity contribution in [1.29, 1.82) is 0 Å². The fraction of sp³-hybridized carbons (Fsp3) is 0.267. The number of rotatable bonds is 6. The minimum Gasteiger partial charge on any atom is -0.469 e.